The molecule has 1 aromatic carbocycles. The maximum Gasteiger partial charge on any atom is 0.285 e. The third-order valence-corrected chi connectivity index (χ3v) is 5.28. The Bertz CT molecular complexity index is 435. The van der Waals surface area contributed by atoms with Gasteiger partial charge in [0.2, 0.25) is 0 Å². The van der Waals surface area contributed by atoms with E-state index in [4.69, 9.17) is 25.8 Å². The fourth-order valence-corrected chi connectivity index (χ4v) is 3.56. The Morgan fingerprint density at radius 1 is 0.840 bits per heavy atom. The number of alkyl halides is 1. The second kappa shape index (κ2) is 12.7. The minimum absolute atomic E-state index is 0.196. The van der Waals surface area contributed by atoms with Gasteiger partial charge in [0.25, 0.3) is 5.97 Å². The first-order chi connectivity index (χ1) is 12.2. The van der Waals surface area contributed by atoms with Gasteiger partial charge >= 0.3 is 0 Å². The number of unbranched alkanes of at least 4 members (excludes halogenated alkanes) is 4. The summed E-state index contributed by atoms with van der Waals surface area (Å²) in [6, 6.07) is 8.50. The number of aryl methyl sites for hydroxylation is 1. The van der Waals surface area contributed by atoms with Crippen LogP contribution in [0.25, 0.3) is 0 Å². The highest BCUT2D eigenvalue weighted by molar-refractivity contribution is 6.17. The van der Waals surface area contributed by atoms with E-state index in [1.54, 1.807) is 21.3 Å². The smallest absolute Gasteiger partial charge is 0.285 e. The highest BCUT2D eigenvalue weighted by Gasteiger charge is 2.39. The first-order valence-corrected chi connectivity index (χ1v) is 9.98. The van der Waals surface area contributed by atoms with Crippen molar-refractivity contribution in [2.75, 3.05) is 21.3 Å². The molecule has 25 heavy (non-hydrogen) atoms. The van der Waals surface area contributed by atoms with Crippen molar-refractivity contribution in [2.24, 2.45) is 5.92 Å². The molecule has 0 heterocycles. The molecule has 3 nitrogen and oxygen atoms in total. The van der Waals surface area contributed by atoms with Crippen LogP contribution in [-0.4, -0.2) is 27.3 Å². The zero-order valence-corrected chi connectivity index (χ0v) is 17.1. The van der Waals surface area contributed by atoms with E-state index in [0.717, 1.165) is 24.8 Å². The molecule has 1 unspecified atom stereocenters. The topological polar surface area (TPSA) is 27.7 Å². The quantitative estimate of drug-likeness (QED) is 0.231. The summed E-state index contributed by atoms with van der Waals surface area (Å²) in [5.74, 6) is -0.205. The molecule has 0 aliphatic heterocycles. The Balaban J connectivity index is 2.68. The van der Waals surface area contributed by atoms with Crippen molar-refractivity contribution in [3.63, 3.8) is 0 Å². The van der Waals surface area contributed by atoms with Crippen molar-refractivity contribution in [3.8, 4) is 0 Å². The molecule has 0 saturated heterocycles. The van der Waals surface area contributed by atoms with Gasteiger partial charge in [-0.15, -0.1) is 11.6 Å². The van der Waals surface area contributed by atoms with Crippen LogP contribution >= 0.6 is 11.6 Å². The molecule has 1 rings (SSSR count). The number of methoxy groups -OCH3 is 3. The Kier molecular flexibility index (Phi) is 11.4. The van der Waals surface area contributed by atoms with Crippen LogP contribution < -0.4 is 0 Å². The monoisotopic (exact) mass is 370 g/mol. The summed E-state index contributed by atoms with van der Waals surface area (Å²) in [5, 5.41) is 0. The third kappa shape index (κ3) is 7.26. The van der Waals surface area contributed by atoms with Crippen LogP contribution in [0.2, 0.25) is 0 Å². The maximum atomic E-state index is 5.87. The Morgan fingerprint density at radius 2 is 1.40 bits per heavy atom. The van der Waals surface area contributed by atoms with Crippen LogP contribution in [0.4, 0.5) is 0 Å². The van der Waals surface area contributed by atoms with E-state index in [1.165, 1.54) is 37.7 Å². The van der Waals surface area contributed by atoms with Gasteiger partial charge in [-0.1, -0.05) is 63.3 Å². The lowest BCUT2D eigenvalue weighted by Crippen LogP contribution is -2.44. The SMILES string of the molecule is CCCCCCCC(CCc1ccc(CCl)cc1)C(OC)(OC)OC. The molecule has 0 N–H and O–H groups in total. The maximum absolute atomic E-state index is 5.87. The summed E-state index contributed by atoms with van der Waals surface area (Å²) < 4.78 is 16.9. The molecule has 0 saturated carbocycles. The molecule has 0 bridgehead atoms. The number of benzene rings is 1. The summed E-state index contributed by atoms with van der Waals surface area (Å²) in [6.45, 7) is 2.24. The van der Waals surface area contributed by atoms with E-state index in [9.17, 15) is 0 Å². The second-order valence-electron chi connectivity index (χ2n) is 6.60. The molecular formula is C21H35ClO3. The molecule has 1 aromatic rings. The van der Waals surface area contributed by atoms with Crippen LogP contribution in [0.15, 0.2) is 24.3 Å². The Labute approximate surface area is 159 Å². The average molecular weight is 371 g/mol. The van der Waals surface area contributed by atoms with Crippen LogP contribution in [0.3, 0.4) is 0 Å². The van der Waals surface area contributed by atoms with E-state index in [-0.39, 0.29) is 5.92 Å². The molecule has 0 fully saturated rings. The van der Waals surface area contributed by atoms with E-state index in [0.29, 0.717) is 5.88 Å². The molecule has 0 radical (unpaired) electrons. The van der Waals surface area contributed by atoms with Crippen molar-refractivity contribution >= 4 is 11.6 Å². The van der Waals surface area contributed by atoms with Crippen molar-refractivity contribution in [1.29, 1.82) is 0 Å². The molecule has 0 amide bonds. The fraction of sp³-hybridized carbons (Fsp3) is 0.714. The van der Waals surface area contributed by atoms with Gasteiger partial charge in [0.1, 0.15) is 0 Å². The summed E-state index contributed by atoms with van der Waals surface area (Å²) in [6.07, 6.45) is 9.27. The minimum atomic E-state index is -0.958. The largest absolute Gasteiger partial charge is 0.331 e. The number of halogens is 1. The lowest BCUT2D eigenvalue weighted by Gasteiger charge is -2.36. The number of rotatable bonds is 14. The van der Waals surface area contributed by atoms with Gasteiger partial charge in [-0.05, 0) is 30.4 Å². The van der Waals surface area contributed by atoms with E-state index in [1.807, 2.05) is 0 Å². The average Bonchev–Trinajstić information content (AvgIpc) is 2.67. The summed E-state index contributed by atoms with van der Waals surface area (Å²) in [5.41, 5.74) is 2.46. The first-order valence-electron chi connectivity index (χ1n) is 9.45. The summed E-state index contributed by atoms with van der Waals surface area (Å²) >= 11 is 5.87. The van der Waals surface area contributed by atoms with Crippen molar-refractivity contribution in [1.82, 2.24) is 0 Å². The highest BCUT2D eigenvalue weighted by Crippen LogP contribution is 2.32. The number of hydrogen-bond acceptors (Lipinski definition) is 3. The van der Waals surface area contributed by atoms with Gasteiger partial charge in [0.15, 0.2) is 0 Å². The summed E-state index contributed by atoms with van der Waals surface area (Å²) in [7, 11) is 4.98. The van der Waals surface area contributed by atoms with E-state index < -0.39 is 5.97 Å². The molecule has 4 heteroatoms. The van der Waals surface area contributed by atoms with Crippen LogP contribution in [0.1, 0.15) is 63.0 Å². The van der Waals surface area contributed by atoms with Gasteiger partial charge in [-0.3, -0.25) is 0 Å². The summed E-state index contributed by atoms with van der Waals surface area (Å²) in [4.78, 5) is 0. The van der Waals surface area contributed by atoms with E-state index >= 15 is 0 Å². The van der Waals surface area contributed by atoms with Crippen molar-refractivity contribution in [3.05, 3.63) is 35.4 Å². The van der Waals surface area contributed by atoms with Gasteiger partial charge in [0.05, 0.1) is 0 Å². The van der Waals surface area contributed by atoms with Gasteiger partial charge < -0.3 is 14.2 Å². The molecule has 0 aromatic heterocycles. The van der Waals surface area contributed by atoms with E-state index in [2.05, 4.69) is 31.2 Å². The zero-order valence-electron chi connectivity index (χ0n) is 16.4. The zero-order chi connectivity index (χ0) is 18.5. The lowest BCUT2D eigenvalue weighted by atomic mass is 9.91. The lowest BCUT2D eigenvalue weighted by molar-refractivity contribution is -0.380. The van der Waals surface area contributed by atoms with Gasteiger partial charge in [-0.2, -0.15) is 0 Å². The second-order valence-corrected chi connectivity index (χ2v) is 6.87. The number of ether oxygens (including phenoxy) is 3. The Hall–Kier alpha value is -0.610. The standard InChI is InChI=1S/C21H35ClO3/c1-5-6-7-8-9-10-20(21(23-2,24-3)25-4)16-15-18-11-13-19(17-22)14-12-18/h11-14,20H,5-10,15-17H2,1-4H3. The predicted molar refractivity (Wildman–Crippen MR) is 105 cm³/mol. The normalized spacial score (nSPS) is 13.2. The molecule has 0 aliphatic rings. The molecule has 1 atom stereocenters. The van der Waals surface area contributed by atoms with Crippen molar-refractivity contribution in [2.45, 2.75) is 70.1 Å². The first kappa shape index (κ1) is 22.4. The molecule has 0 spiro atoms. The molecule has 144 valence electrons. The van der Waals surface area contributed by atoms with Crippen LogP contribution in [-0.2, 0) is 26.5 Å². The van der Waals surface area contributed by atoms with Gasteiger partial charge in [-0.25, -0.2) is 0 Å². The van der Waals surface area contributed by atoms with Crippen molar-refractivity contribution < 1.29 is 14.2 Å². The minimum Gasteiger partial charge on any atom is -0.331 e. The molecule has 0 aliphatic carbocycles. The predicted octanol–water partition coefficient (Wildman–Crippen LogP) is 5.93. The molecular weight excluding hydrogens is 336 g/mol. The Morgan fingerprint density at radius 3 is 1.92 bits per heavy atom. The highest BCUT2D eigenvalue weighted by atomic mass is 35.5. The fourth-order valence-electron chi connectivity index (χ4n) is 3.38. The van der Waals surface area contributed by atoms with Crippen LogP contribution in [0, 0.1) is 5.92 Å². The van der Waals surface area contributed by atoms with Gasteiger partial charge in [0, 0.05) is 33.1 Å². The number of hydrogen-bond donors (Lipinski definition) is 0. The van der Waals surface area contributed by atoms with Crippen LogP contribution in [0.5, 0.6) is 0 Å². The third-order valence-electron chi connectivity index (χ3n) is 4.97.